The second-order valence-electron chi connectivity index (χ2n) is 11.8. The summed E-state index contributed by atoms with van der Waals surface area (Å²) in [4.78, 5) is 44.2. The first-order valence-electron chi connectivity index (χ1n) is 14.6. The number of hydrogen-bond acceptors (Lipinski definition) is 4. The molecule has 7 heteroatoms. The maximum absolute atomic E-state index is 14.4. The molecule has 5 rings (SSSR count). The Morgan fingerprint density at radius 2 is 1.76 bits per heavy atom. The zero-order valence-electron chi connectivity index (χ0n) is 24.0. The van der Waals surface area contributed by atoms with Crippen LogP contribution in [0.4, 0.5) is 0 Å². The van der Waals surface area contributed by atoms with Crippen LogP contribution in [0.15, 0.2) is 84.9 Å². The van der Waals surface area contributed by atoms with Gasteiger partial charge in [0.15, 0.2) is 0 Å². The molecule has 1 heterocycles. The van der Waals surface area contributed by atoms with Gasteiger partial charge in [0.2, 0.25) is 17.7 Å². The third-order valence-corrected chi connectivity index (χ3v) is 8.57. The summed E-state index contributed by atoms with van der Waals surface area (Å²) in [6.07, 6.45) is 7.80. The van der Waals surface area contributed by atoms with Crippen molar-refractivity contribution in [2.45, 2.75) is 69.1 Å². The van der Waals surface area contributed by atoms with Crippen molar-refractivity contribution in [2.24, 2.45) is 5.73 Å². The molecule has 1 saturated heterocycles. The number of amides is 3. The van der Waals surface area contributed by atoms with Gasteiger partial charge in [0.1, 0.15) is 12.1 Å². The summed E-state index contributed by atoms with van der Waals surface area (Å²) in [5, 5.41) is 5.20. The molecule has 1 saturated carbocycles. The standard InChI is InChI=1S/C34H40N4O3/c1-24-23-38(29(32(40)36-24)21-25-10-4-3-5-11-25)33(41)30(22-26-15-16-27-12-6-7-13-28(27)20-26)37(2)31(39)14-8-17-34(35)18-9-19-34/h3-8,10-16,20,24,29-30H,9,17-19,21-23,35H2,1-2H3,(H,36,40)/b14-8+. The predicted molar refractivity (Wildman–Crippen MR) is 162 cm³/mol. The van der Waals surface area contributed by atoms with Gasteiger partial charge in [0.25, 0.3) is 0 Å². The van der Waals surface area contributed by atoms with Gasteiger partial charge in [0, 0.05) is 38.0 Å². The van der Waals surface area contributed by atoms with E-state index < -0.39 is 12.1 Å². The van der Waals surface area contributed by atoms with E-state index >= 15 is 0 Å². The molecule has 3 aromatic rings. The largest absolute Gasteiger partial charge is 0.350 e. The molecule has 0 aromatic heterocycles. The summed E-state index contributed by atoms with van der Waals surface area (Å²) >= 11 is 0. The number of fused-ring (bicyclic) bond motifs is 1. The number of piperazine rings is 1. The SMILES string of the molecule is CC1CN(C(=O)C(Cc2ccc3ccccc3c2)N(C)C(=O)/C=C/CC2(N)CCC2)C(Cc2ccccc2)C(=O)N1. The molecule has 0 radical (unpaired) electrons. The number of carbonyl (C=O) groups excluding carboxylic acids is 3. The van der Waals surface area contributed by atoms with Crippen molar-refractivity contribution < 1.29 is 14.4 Å². The Bertz CT molecular complexity index is 1430. The average molecular weight is 553 g/mol. The lowest BCUT2D eigenvalue weighted by molar-refractivity contribution is -0.150. The number of rotatable bonds is 9. The molecule has 3 atom stereocenters. The highest BCUT2D eigenvalue weighted by Crippen LogP contribution is 2.32. The van der Waals surface area contributed by atoms with E-state index in [-0.39, 0.29) is 29.3 Å². The average Bonchev–Trinajstić information content (AvgIpc) is 2.96. The van der Waals surface area contributed by atoms with Crippen LogP contribution in [0.2, 0.25) is 0 Å². The van der Waals surface area contributed by atoms with E-state index in [9.17, 15) is 14.4 Å². The topological polar surface area (TPSA) is 95.7 Å². The van der Waals surface area contributed by atoms with Crippen LogP contribution in [0.1, 0.15) is 43.7 Å². The third kappa shape index (κ3) is 6.68. The number of nitrogens with two attached hydrogens (primary N) is 1. The minimum atomic E-state index is -0.778. The van der Waals surface area contributed by atoms with Gasteiger partial charge in [-0.05, 0) is 60.6 Å². The molecule has 41 heavy (non-hydrogen) atoms. The van der Waals surface area contributed by atoms with Gasteiger partial charge in [0.05, 0.1) is 0 Å². The molecule has 214 valence electrons. The molecule has 3 aromatic carbocycles. The monoisotopic (exact) mass is 552 g/mol. The van der Waals surface area contributed by atoms with Gasteiger partial charge in [-0.2, -0.15) is 0 Å². The first-order chi connectivity index (χ1) is 19.7. The molecular formula is C34H40N4O3. The Labute approximate surface area is 242 Å². The number of nitrogens with zero attached hydrogens (tertiary/aromatic N) is 2. The molecule has 0 spiro atoms. The van der Waals surface area contributed by atoms with E-state index in [2.05, 4.69) is 17.4 Å². The minimum Gasteiger partial charge on any atom is -0.350 e. The summed E-state index contributed by atoms with van der Waals surface area (Å²) in [6.45, 7) is 2.28. The lowest BCUT2D eigenvalue weighted by Crippen LogP contribution is -2.64. The van der Waals surface area contributed by atoms with Crippen molar-refractivity contribution in [1.29, 1.82) is 0 Å². The van der Waals surface area contributed by atoms with Crippen LogP contribution in [0.5, 0.6) is 0 Å². The van der Waals surface area contributed by atoms with E-state index in [1.807, 2.05) is 73.7 Å². The maximum Gasteiger partial charge on any atom is 0.246 e. The van der Waals surface area contributed by atoms with Gasteiger partial charge >= 0.3 is 0 Å². The molecule has 1 aliphatic carbocycles. The molecule has 3 N–H and O–H groups in total. The second kappa shape index (κ2) is 12.3. The van der Waals surface area contributed by atoms with Gasteiger partial charge in [-0.1, -0.05) is 78.9 Å². The Balaban J connectivity index is 1.43. The summed E-state index contributed by atoms with van der Waals surface area (Å²) in [7, 11) is 1.68. The Morgan fingerprint density at radius 1 is 1.05 bits per heavy atom. The smallest absolute Gasteiger partial charge is 0.246 e. The van der Waals surface area contributed by atoms with Crippen molar-refractivity contribution in [3.05, 3.63) is 96.1 Å². The van der Waals surface area contributed by atoms with Gasteiger partial charge < -0.3 is 20.9 Å². The van der Waals surface area contributed by atoms with Gasteiger partial charge in [-0.15, -0.1) is 0 Å². The van der Waals surface area contributed by atoms with Crippen molar-refractivity contribution in [3.63, 3.8) is 0 Å². The number of likely N-dealkylation sites (N-methyl/N-ethyl adjacent to an activating group) is 1. The van der Waals surface area contributed by atoms with Crippen molar-refractivity contribution in [3.8, 4) is 0 Å². The Morgan fingerprint density at radius 3 is 2.46 bits per heavy atom. The fraction of sp³-hybridized carbons (Fsp3) is 0.382. The summed E-state index contributed by atoms with van der Waals surface area (Å²) < 4.78 is 0. The fourth-order valence-electron chi connectivity index (χ4n) is 5.90. The van der Waals surface area contributed by atoms with Crippen LogP contribution < -0.4 is 11.1 Å². The summed E-state index contributed by atoms with van der Waals surface area (Å²) in [5.41, 5.74) is 8.05. The number of carbonyl (C=O) groups is 3. The minimum absolute atomic E-state index is 0.173. The molecule has 2 aliphatic rings. The molecule has 7 nitrogen and oxygen atoms in total. The van der Waals surface area contributed by atoms with Gasteiger partial charge in [-0.25, -0.2) is 0 Å². The quantitative estimate of drug-likeness (QED) is 0.393. The molecule has 3 unspecified atom stereocenters. The van der Waals surface area contributed by atoms with Crippen molar-refractivity contribution in [1.82, 2.24) is 15.1 Å². The highest BCUT2D eigenvalue weighted by atomic mass is 16.2. The zero-order valence-corrected chi connectivity index (χ0v) is 24.0. The van der Waals surface area contributed by atoms with Crippen LogP contribution in [0, 0.1) is 0 Å². The molecular weight excluding hydrogens is 512 g/mol. The fourth-order valence-corrected chi connectivity index (χ4v) is 5.90. The number of nitrogens with one attached hydrogen (secondary N) is 1. The lowest BCUT2D eigenvalue weighted by Gasteiger charge is -2.41. The highest BCUT2D eigenvalue weighted by molar-refractivity contribution is 5.96. The highest BCUT2D eigenvalue weighted by Gasteiger charge is 2.40. The molecule has 2 fully saturated rings. The molecule has 1 aliphatic heterocycles. The first kappa shape index (κ1) is 28.6. The maximum atomic E-state index is 14.4. The number of benzene rings is 3. The van der Waals surface area contributed by atoms with Crippen LogP contribution in [-0.4, -0.2) is 64.8 Å². The Hall–Kier alpha value is -3.97. The van der Waals surface area contributed by atoms with Crippen LogP contribution in [0.3, 0.4) is 0 Å². The second-order valence-corrected chi connectivity index (χ2v) is 11.8. The van der Waals surface area contributed by atoms with Gasteiger partial charge in [-0.3, -0.25) is 14.4 Å². The number of hydrogen-bond donors (Lipinski definition) is 2. The van der Waals surface area contributed by atoms with E-state index in [0.717, 1.165) is 41.2 Å². The summed E-state index contributed by atoms with van der Waals surface area (Å²) in [6, 6.07) is 22.3. The molecule has 0 bridgehead atoms. The first-order valence-corrected chi connectivity index (χ1v) is 14.6. The van der Waals surface area contributed by atoms with E-state index in [0.29, 0.717) is 25.8 Å². The third-order valence-electron chi connectivity index (χ3n) is 8.57. The van der Waals surface area contributed by atoms with Crippen LogP contribution >= 0.6 is 0 Å². The van der Waals surface area contributed by atoms with E-state index in [1.54, 1.807) is 18.0 Å². The van der Waals surface area contributed by atoms with Crippen LogP contribution in [0.25, 0.3) is 10.8 Å². The van der Waals surface area contributed by atoms with Crippen LogP contribution in [-0.2, 0) is 27.2 Å². The van der Waals surface area contributed by atoms with Crippen molar-refractivity contribution >= 4 is 28.5 Å². The lowest BCUT2D eigenvalue weighted by atomic mass is 9.75. The zero-order chi connectivity index (χ0) is 29.0. The van der Waals surface area contributed by atoms with E-state index in [1.165, 1.54) is 4.90 Å². The molecule has 3 amide bonds. The summed E-state index contributed by atoms with van der Waals surface area (Å²) in [5.74, 6) is -0.645. The Kier molecular flexibility index (Phi) is 8.54. The predicted octanol–water partition coefficient (Wildman–Crippen LogP) is 4.00. The van der Waals surface area contributed by atoms with Crippen molar-refractivity contribution in [2.75, 3.05) is 13.6 Å². The normalized spacial score (nSPS) is 20.9. The van der Waals surface area contributed by atoms with E-state index in [4.69, 9.17) is 5.73 Å².